The molecule has 0 bridgehead atoms. The second kappa shape index (κ2) is 10.4. The summed E-state index contributed by atoms with van der Waals surface area (Å²) >= 11 is 0. The number of anilines is 1. The number of carbonyl (C=O) groups is 2. The van der Waals surface area contributed by atoms with Crippen LogP contribution < -0.4 is 14.4 Å². The molecule has 178 valence electrons. The number of carbonyl (C=O) groups excluding carboxylic acids is 2. The van der Waals surface area contributed by atoms with Crippen molar-refractivity contribution in [2.45, 2.75) is 51.0 Å². The molecular formula is C25H32N2O5S. The van der Waals surface area contributed by atoms with E-state index in [2.05, 4.69) is 19.2 Å². The number of Topliss-reactive ketones (excluding diaryl/α,β-unsaturated/α-hetero) is 1. The number of ether oxygens (including phenoxy) is 1. The van der Waals surface area contributed by atoms with Crippen LogP contribution in [0.4, 0.5) is 5.69 Å². The number of ketones is 1. The number of sulfonamides is 1. The smallest absolute Gasteiger partial charge is 0.264 e. The molecule has 1 aliphatic rings. The van der Waals surface area contributed by atoms with Crippen molar-refractivity contribution in [1.29, 1.82) is 0 Å². The summed E-state index contributed by atoms with van der Waals surface area (Å²) in [6, 6.07) is 12.3. The number of hydrogen-bond acceptors (Lipinski definition) is 5. The van der Waals surface area contributed by atoms with E-state index in [1.807, 2.05) is 0 Å². The molecule has 2 aromatic carbocycles. The molecule has 0 aliphatic heterocycles. The Balaban J connectivity index is 1.90. The topological polar surface area (TPSA) is 92.8 Å². The Kier molecular flexibility index (Phi) is 7.79. The van der Waals surface area contributed by atoms with Crippen LogP contribution >= 0.6 is 0 Å². The first-order valence-corrected chi connectivity index (χ1v) is 12.6. The number of hydrogen-bond donors (Lipinski definition) is 1. The molecule has 8 heteroatoms. The van der Waals surface area contributed by atoms with Crippen LogP contribution in [0.1, 0.15) is 50.4 Å². The summed E-state index contributed by atoms with van der Waals surface area (Å²) in [6.07, 6.45) is 3.06. The number of nitrogens with zero attached hydrogens (tertiary/aromatic N) is 1. The first-order chi connectivity index (χ1) is 15.6. The first-order valence-electron chi connectivity index (χ1n) is 11.2. The zero-order valence-corrected chi connectivity index (χ0v) is 20.4. The molecule has 1 N–H and O–H groups in total. The number of benzene rings is 2. The molecule has 7 nitrogen and oxygen atoms in total. The Hall–Kier alpha value is -2.87. The normalized spacial score (nSPS) is 20.7. The van der Waals surface area contributed by atoms with Crippen molar-refractivity contribution in [3.8, 4) is 5.75 Å². The fourth-order valence-corrected chi connectivity index (χ4v) is 5.64. The summed E-state index contributed by atoms with van der Waals surface area (Å²) in [4.78, 5) is 24.6. The molecule has 0 radical (unpaired) electrons. The van der Waals surface area contributed by atoms with Crippen LogP contribution in [0.3, 0.4) is 0 Å². The molecule has 1 fully saturated rings. The largest absolute Gasteiger partial charge is 0.497 e. The van der Waals surface area contributed by atoms with E-state index in [4.69, 9.17) is 4.74 Å². The van der Waals surface area contributed by atoms with Gasteiger partial charge in [0.05, 0.1) is 17.7 Å². The van der Waals surface area contributed by atoms with Crippen LogP contribution in [0, 0.1) is 11.8 Å². The van der Waals surface area contributed by atoms with Gasteiger partial charge in [0, 0.05) is 11.6 Å². The Bertz CT molecular complexity index is 1080. The van der Waals surface area contributed by atoms with Crippen molar-refractivity contribution in [1.82, 2.24) is 5.32 Å². The lowest BCUT2D eigenvalue weighted by molar-refractivity contribution is -0.121. The molecule has 1 amide bonds. The molecule has 3 rings (SSSR count). The number of nitrogens with one attached hydrogen (secondary N) is 1. The molecule has 3 atom stereocenters. The second-order valence-corrected chi connectivity index (χ2v) is 10.6. The van der Waals surface area contributed by atoms with Crippen molar-refractivity contribution in [2.75, 3.05) is 18.0 Å². The molecule has 0 aromatic heterocycles. The lowest BCUT2D eigenvalue weighted by Gasteiger charge is -2.35. The van der Waals surface area contributed by atoms with Gasteiger partial charge in [-0.2, -0.15) is 0 Å². The number of methoxy groups -OCH3 is 1. The quantitative estimate of drug-likeness (QED) is 0.586. The minimum absolute atomic E-state index is 0.00998. The SMILES string of the molecule is COc1ccc(N(CC(=O)N[C@@H]2CCC[C@H](C)[C@H]2C)S(=O)(=O)c2ccc(C(C)=O)cc2)cc1. The fourth-order valence-electron chi connectivity index (χ4n) is 4.22. The van der Waals surface area contributed by atoms with E-state index < -0.39 is 10.0 Å². The van der Waals surface area contributed by atoms with Crippen molar-refractivity contribution in [2.24, 2.45) is 11.8 Å². The van der Waals surface area contributed by atoms with Crippen LogP contribution in [0.2, 0.25) is 0 Å². The van der Waals surface area contributed by atoms with Crippen molar-refractivity contribution in [3.05, 3.63) is 54.1 Å². The van der Waals surface area contributed by atoms with Crippen LogP contribution in [-0.4, -0.2) is 39.8 Å². The highest BCUT2D eigenvalue weighted by Crippen LogP contribution is 2.30. The third-order valence-corrected chi connectivity index (χ3v) is 8.34. The van der Waals surface area contributed by atoms with Gasteiger partial charge in [0.1, 0.15) is 12.3 Å². The first kappa shape index (κ1) is 24.8. The average Bonchev–Trinajstić information content (AvgIpc) is 2.80. The monoisotopic (exact) mass is 472 g/mol. The standard InChI is InChI=1S/C25H32N2O5S/c1-17-6-5-7-24(18(17)2)26-25(29)16-27(21-10-12-22(32-4)13-11-21)33(30,31)23-14-8-20(9-15-23)19(3)28/h8-15,17-18,24H,5-7,16H2,1-4H3,(H,26,29)/t17-,18+,24+/m0/s1. The average molecular weight is 473 g/mol. The maximum atomic E-state index is 13.5. The van der Waals surface area contributed by atoms with E-state index in [1.54, 1.807) is 24.3 Å². The molecule has 0 saturated heterocycles. The van der Waals surface area contributed by atoms with E-state index in [1.165, 1.54) is 38.3 Å². The van der Waals surface area contributed by atoms with Crippen LogP contribution in [0.5, 0.6) is 5.75 Å². The number of rotatable bonds is 8. The van der Waals surface area contributed by atoms with Crippen LogP contribution in [0.25, 0.3) is 0 Å². The van der Waals surface area contributed by atoms with Crippen LogP contribution in [-0.2, 0) is 14.8 Å². The van der Waals surface area contributed by atoms with Gasteiger partial charge in [-0.25, -0.2) is 8.42 Å². The molecule has 1 saturated carbocycles. The molecule has 0 heterocycles. The van der Waals surface area contributed by atoms with Gasteiger partial charge < -0.3 is 10.1 Å². The summed E-state index contributed by atoms with van der Waals surface area (Å²) in [5.74, 6) is 0.913. The molecular weight excluding hydrogens is 440 g/mol. The van der Waals surface area contributed by atoms with Gasteiger partial charge in [0.25, 0.3) is 10.0 Å². The maximum absolute atomic E-state index is 13.5. The Morgan fingerprint density at radius 2 is 1.67 bits per heavy atom. The van der Waals surface area contributed by atoms with Crippen LogP contribution in [0.15, 0.2) is 53.4 Å². The van der Waals surface area contributed by atoms with Gasteiger partial charge >= 0.3 is 0 Å². The third-order valence-electron chi connectivity index (χ3n) is 6.55. The summed E-state index contributed by atoms with van der Waals surface area (Å²) < 4.78 is 33.4. The third kappa shape index (κ3) is 5.74. The number of amides is 1. The molecule has 0 unspecified atom stereocenters. The molecule has 33 heavy (non-hydrogen) atoms. The second-order valence-electron chi connectivity index (χ2n) is 8.73. The highest BCUT2D eigenvalue weighted by molar-refractivity contribution is 7.92. The predicted octanol–water partition coefficient (Wildman–Crippen LogP) is 4.03. The lowest BCUT2D eigenvalue weighted by atomic mass is 9.78. The van der Waals surface area contributed by atoms with Gasteiger partial charge in [-0.3, -0.25) is 13.9 Å². The Morgan fingerprint density at radius 3 is 2.24 bits per heavy atom. The fraction of sp³-hybridized carbons (Fsp3) is 0.440. The lowest BCUT2D eigenvalue weighted by Crippen LogP contribution is -2.48. The van der Waals surface area contributed by atoms with Gasteiger partial charge in [0.15, 0.2) is 5.78 Å². The van der Waals surface area contributed by atoms with Gasteiger partial charge in [-0.15, -0.1) is 0 Å². The summed E-state index contributed by atoms with van der Waals surface area (Å²) in [7, 11) is -2.53. The summed E-state index contributed by atoms with van der Waals surface area (Å²) in [5.41, 5.74) is 0.773. The minimum Gasteiger partial charge on any atom is -0.497 e. The molecule has 2 aromatic rings. The van der Waals surface area contributed by atoms with Crippen molar-refractivity contribution in [3.63, 3.8) is 0 Å². The molecule has 0 spiro atoms. The molecule has 1 aliphatic carbocycles. The van der Waals surface area contributed by atoms with E-state index in [-0.39, 0.29) is 29.2 Å². The zero-order valence-electron chi connectivity index (χ0n) is 19.6. The van der Waals surface area contributed by atoms with Crippen molar-refractivity contribution >= 4 is 27.4 Å². The maximum Gasteiger partial charge on any atom is 0.264 e. The Morgan fingerprint density at radius 1 is 1.03 bits per heavy atom. The highest BCUT2D eigenvalue weighted by Gasteiger charge is 2.31. The minimum atomic E-state index is -4.06. The highest BCUT2D eigenvalue weighted by atomic mass is 32.2. The summed E-state index contributed by atoms with van der Waals surface area (Å²) in [6.45, 7) is 5.39. The van der Waals surface area contributed by atoms with Gasteiger partial charge in [-0.05, 0) is 61.6 Å². The van der Waals surface area contributed by atoms with Gasteiger partial charge in [0.2, 0.25) is 5.91 Å². The zero-order chi connectivity index (χ0) is 24.2. The van der Waals surface area contributed by atoms with E-state index in [0.717, 1.165) is 23.6 Å². The Labute approximate surface area is 196 Å². The van der Waals surface area contributed by atoms with Gasteiger partial charge in [-0.1, -0.05) is 38.8 Å². The van der Waals surface area contributed by atoms with E-state index >= 15 is 0 Å². The summed E-state index contributed by atoms with van der Waals surface area (Å²) in [5, 5.41) is 3.06. The predicted molar refractivity (Wildman–Crippen MR) is 128 cm³/mol. The van der Waals surface area contributed by atoms with Crippen molar-refractivity contribution < 1.29 is 22.7 Å². The van der Waals surface area contributed by atoms with E-state index in [0.29, 0.717) is 28.8 Å². The van der Waals surface area contributed by atoms with E-state index in [9.17, 15) is 18.0 Å².